The van der Waals surface area contributed by atoms with Gasteiger partial charge in [-0.2, -0.15) is 0 Å². The molecule has 1 fully saturated rings. The van der Waals surface area contributed by atoms with Crippen LogP contribution >= 0.6 is 23.2 Å². The summed E-state index contributed by atoms with van der Waals surface area (Å²) in [6.45, 7) is 3.53. The summed E-state index contributed by atoms with van der Waals surface area (Å²) in [6, 6.07) is 10.2. The third-order valence-corrected chi connectivity index (χ3v) is 6.34. The zero-order valence-corrected chi connectivity index (χ0v) is 15.7. The largest absolute Gasteiger partial charge is 0.365 e. The summed E-state index contributed by atoms with van der Waals surface area (Å²) in [6.07, 6.45) is 1.10. The molecule has 0 unspecified atom stereocenters. The monoisotopic (exact) mass is 387 g/mol. The Balaban J connectivity index is 1.73. The van der Waals surface area contributed by atoms with Crippen LogP contribution in [0.25, 0.3) is 11.1 Å². The minimum atomic E-state index is 0.00212. The Kier molecular flexibility index (Phi) is 3.89. The average molecular weight is 388 g/mol. The normalized spacial score (nSPS) is 23.9. The van der Waals surface area contributed by atoms with E-state index in [0.717, 1.165) is 48.4 Å². The third kappa shape index (κ3) is 2.43. The summed E-state index contributed by atoms with van der Waals surface area (Å²) in [7, 11) is 0. The molecule has 0 spiro atoms. The molecule has 3 aliphatic rings. The number of rotatable bonds is 1. The second-order valence-corrected chi connectivity index (χ2v) is 8.05. The van der Waals surface area contributed by atoms with Gasteiger partial charge in [-0.15, -0.1) is 0 Å². The summed E-state index contributed by atoms with van der Waals surface area (Å²) < 4.78 is 0. The van der Waals surface area contributed by atoms with Crippen LogP contribution in [-0.2, 0) is 0 Å². The Hall–Kier alpha value is -1.75. The number of carbonyl (C=O) groups excluding carboxylic acids is 1. The fourth-order valence-corrected chi connectivity index (χ4v) is 5.19. The van der Waals surface area contributed by atoms with Crippen LogP contribution < -0.4 is 15.5 Å². The first-order valence-electron chi connectivity index (χ1n) is 9.02. The summed E-state index contributed by atoms with van der Waals surface area (Å²) in [5.74, 6) is 0.414. The molecule has 0 aliphatic carbocycles. The van der Waals surface area contributed by atoms with Gasteiger partial charge in [0.05, 0.1) is 11.3 Å². The van der Waals surface area contributed by atoms with E-state index < -0.39 is 0 Å². The van der Waals surface area contributed by atoms with E-state index in [-0.39, 0.29) is 5.91 Å². The highest BCUT2D eigenvalue weighted by molar-refractivity contribution is 6.36. The molecule has 0 saturated carbocycles. The van der Waals surface area contributed by atoms with E-state index in [2.05, 4.69) is 21.6 Å². The molecule has 2 N–H and O–H groups in total. The van der Waals surface area contributed by atoms with E-state index in [1.165, 1.54) is 5.56 Å². The lowest BCUT2D eigenvalue weighted by Gasteiger charge is -2.33. The van der Waals surface area contributed by atoms with Gasteiger partial charge in [-0.05, 0) is 48.4 Å². The van der Waals surface area contributed by atoms with Crippen molar-refractivity contribution in [2.24, 2.45) is 0 Å². The topological polar surface area (TPSA) is 44.4 Å². The van der Waals surface area contributed by atoms with Crippen LogP contribution in [0.2, 0.25) is 10.0 Å². The van der Waals surface area contributed by atoms with Crippen LogP contribution in [-0.4, -0.2) is 38.1 Å². The highest BCUT2D eigenvalue weighted by Crippen LogP contribution is 2.48. The molecule has 1 amide bonds. The van der Waals surface area contributed by atoms with E-state index >= 15 is 0 Å². The van der Waals surface area contributed by atoms with E-state index in [9.17, 15) is 4.79 Å². The van der Waals surface area contributed by atoms with Gasteiger partial charge in [0.2, 0.25) is 0 Å². The maximum atomic E-state index is 12.8. The molecule has 0 radical (unpaired) electrons. The second-order valence-electron chi connectivity index (χ2n) is 7.20. The highest BCUT2D eigenvalue weighted by Gasteiger charge is 2.43. The van der Waals surface area contributed by atoms with Crippen LogP contribution in [0.15, 0.2) is 30.3 Å². The van der Waals surface area contributed by atoms with Crippen molar-refractivity contribution in [3.63, 3.8) is 0 Å². The lowest BCUT2D eigenvalue weighted by molar-refractivity contribution is 0.0957. The number of nitrogens with one attached hydrogen (secondary N) is 2. The van der Waals surface area contributed by atoms with Crippen molar-refractivity contribution in [3.8, 4) is 11.1 Å². The molecule has 2 aromatic carbocycles. The first kappa shape index (κ1) is 16.4. The second kappa shape index (κ2) is 6.15. The number of carbonyl (C=O) groups is 1. The molecule has 1 saturated heterocycles. The Labute approximate surface area is 162 Å². The van der Waals surface area contributed by atoms with Gasteiger partial charge in [-0.25, -0.2) is 0 Å². The lowest BCUT2D eigenvalue weighted by Crippen LogP contribution is -2.45. The predicted molar refractivity (Wildman–Crippen MR) is 106 cm³/mol. The summed E-state index contributed by atoms with van der Waals surface area (Å²) >= 11 is 12.5. The first-order valence-corrected chi connectivity index (χ1v) is 9.78. The molecule has 3 aliphatic heterocycles. The highest BCUT2D eigenvalue weighted by atomic mass is 35.5. The van der Waals surface area contributed by atoms with Crippen LogP contribution in [0.5, 0.6) is 0 Å². The van der Waals surface area contributed by atoms with Crippen LogP contribution in [0.3, 0.4) is 0 Å². The zero-order chi connectivity index (χ0) is 17.8. The Morgan fingerprint density at radius 2 is 1.96 bits per heavy atom. The van der Waals surface area contributed by atoms with Crippen molar-refractivity contribution in [1.29, 1.82) is 0 Å². The summed E-state index contributed by atoms with van der Waals surface area (Å²) in [4.78, 5) is 15.2. The maximum absolute atomic E-state index is 12.8. The number of anilines is 1. The molecule has 2 aromatic rings. The zero-order valence-electron chi connectivity index (χ0n) is 14.2. The maximum Gasteiger partial charge on any atom is 0.253 e. The number of halogens is 2. The standard InChI is InChI=1S/C20H19Cl2N3O/c21-12-1-2-13(17(22)9-12)11-7-14-16-10-23-4-3-18(16)25-6-5-24-20(26)15(8-11)19(14)25/h1-2,7-9,16,18,23H,3-6,10H2,(H,24,26)/t16-,18-/m0/s1. The minimum Gasteiger partial charge on any atom is -0.365 e. The molecule has 26 heavy (non-hydrogen) atoms. The van der Waals surface area contributed by atoms with Gasteiger partial charge in [0.15, 0.2) is 0 Å². The number of piperidine rings is 1. The fourth-order valence-electron chi connectivity index (χ4n) is 4.68. The van der Waals surface area contributed by atoms with E-state index in [0.29, 0.717) is 28.5 Å². The molecule has 0 aromatic heterocycles. The lowest BCUT2D eigenvalue weighted by atomic mass is 9.87. The number of fused-ring (bicyclic) bond motifs is 3. The molecule has 5 rings (SSSR count). The van der Waals surface area contributed by atoms with Crippen molar-refractivity contribution in [2.45, 2.75) is 18.4 Å². The number of hydrogen-bond donors (Lipinski definition) is 2. The quantitative estimate of drug-likeness (QED) is 0.784. The van der Waals surface area contributed by atoms with E-state index in [4.69, 9.17) is 23.2 Å². The number of amides is 1. The molecular weight excluding hydrogens is 369 g/mol. The fraction of sp³-hybridized carbons (Fsp3) is 0.350. The summed E-state index contributed by atoms with van der Waals surface area (Å²) in [5.41, 5.74) is 5.02. The van der Waals surface area contributed by atoms with Gasteiger partial charge in [0.25, 0.3) is 5.91 Å². The van der Waals surface area contributed by atoms with Gasteiger partial charge in [-0.3, -0.25) is 4.79 Å². The van der Waals surface area contributed by atoms with Crippen molar-refractivity contribution >= 4 is 34.8 Å². The van der Waals surface area contributed by atoms with Crippen molar-refractivity contribution in [2.75, 3.05) is 31.1 Å². The van der Waals surface area contributed by atoms with Gasteiger partial charge in [-0.1, -0.05) is 29.3 Å². The predicted octanol–water partition coefficient (Wildman–Crippen LogP) is 3.67. The first-order chi connectivity index (χ1) is 12.6. The molecular formula is C20H19Cl2N3O. The molecule has 134 valence electrons. The van der Waals surface area contributed by atoms with Gasteiger partial charge in [0, 0.05) is 47.2 Å². The molecule has 4 nitrogen and oxygen atoms in total. The molecule has 3 heterocycles. The van der Waals surface area contributed by atoms with Gasteiger partial charge >= 0.3 is 0 Å². The van der Waals surface area contributed by atoms with E-state index in [1.807, 2.05) is 18.2 Å². The Morgan fingerprint density at radius 3 is 2.81 bits per heavy atom. The smallest absolute Gasteiger partial charge is 0.253 e. The SMILES string of the molecule is O=C1NCCN2c3c1cc(-c1ccc(Cl)cc1Cl)cc3[C@@H]1CNCC[C@@H]12. The van der Waals surface area contributed by atoms with Crippen LogP contribution in [0, 0.1) is 0 Å². The van der Waals surface area contributed by atoms with E-state index in [1.54, 1.807) is 6.07 Å². The van der Waals surface area contributed by atoms with Crippen molar-refractivity contribution in [1.82, 2.24) is 10.6 Å². The van der Waals surface area contributed by atoms with Crippen molar-refractivity contribution < 1.29 is 4.79 Å². The molecule has 6 heteroatoms. The van der Waals surface area contributed by atoms with Crippen LogP contribution in [0.4, 0.5) is 5.69 Å². The average Bonchev–Trinajstić information content (AvgIpc) is 2.84. The van der Waals surface area contributed by atoms with Gasteiger partial charge in [0.1, 0.15) is 0 Å². The molecule has 0 bridgehead atoms. The number of nitrogens with zero attached hydrogens (tertiary/aromatic N) is 1. The Bertz CT molecular complexity index is 914. The number of benzene rings is 2. The molecule has 2 atom stereocenters. The van der Waals surface area contributed by atoms with Crippen LogP contribution in [0.1, 0.15) is 28.3 Å². The Morgan fingerprint density at radius 1 is 1.08 bits per heavy atom. The summed E-state index contributed by atoms with van der Waals surface area (Å²) in [5, 5.41) is 7.77. The number of hydrogen-bond acceptors (Lipinski definition) is 3. The minimum absolute atomic E-state index is 0.00212. The van der Waals surface area contributed by atoms with Crippen molar-refractivity contribution in [3.05, 3.63) is 51.5 Å². The third-order valence-electron chi connectivity index (χ3n) is 5.80. The van der Waals surface area contributed by atoms with Gasteiger partial charge < -0.3 is 15.5 Å².